The van der Waals surface area contributed by atoms with Crippen LogP contribution in [0.15, 0.2) is 71.6 Å². The van der Waals surface area contributed by atoms with Gasteiger partial charge in [-0.15, -0.1) is 0 Å². The lowest BCUT2D eigenvalue weighted by molar-refractivity contribution is 0.153. The first-order chi connectivity index (χ1) is 16.2. The molecule has 34 heavy (non-hydrogen) atoms. The minimum Gasteiger partial charge on any atom is -0.383 e. The van der Waals surface area contributed by atoms with Crippen molar-refractivity contribution in [1.82, 2.24) is 4.90 Å². The van der Waals surface area contributed by atoms with Crippen molar-refractivity contribution in [2.75, 3.05) is 25.6 Å². The molecule has 0 aromatic heterocycles. The first-order valence-corrected chi connectivity index (χ1v) is 12.0. The highest BCUT2D eigenvalue weighted by Gasteiger charge is 2.18. The second-order valence-electron chi connectivity index (χ2n) is 7.78. The number of benzene rings is 3. The van der Waals surface area contributed by atoms with Gasteiger partial charge in [-0.1, -0.05) is 18.2 Å². The smallest absolute Gasteiger partial charge is 0.339 e. The average Bonchev–Trinajstić information content (AvgIpc) is 2.79. The second kappa shape index (κ2) is 11.1. The topological polar surface area (TPSA) is 84.9 Å². The number of carbonyl (C=O) groups is 1. The van der Waals surface area contributed by atoms with Gasteiger partial charge in [-0.3, -0.25) is 0 Å². The molecule has 0 aliphatic rings. The summed E-state index contributed by atoms with van der Waals surface area (Å²) in [6, 6.07) is 16.2. The van der Waals surface area contributed by atoms with Crippen molar-refractivity contribution in [2.45, 2.75) is 25.3 Å². The SMILES string of the molecule is COCCN(Cc1cccc(OS(=O)(=O)c2ccc(F)cc2)c1)C(=O)Nc1ccc(C)c(C)c1. The molecule has 3 rings (SSSR count). The van der Waals surface area contributed by atoms with Crippen molar-refractivity contribution in [3.05, 3.63) is 89.2 Å². The van der Waals surface area contributed by atoms with Crippen molar-refractivity contribution >= 4 is 21.8 Å². The molecule has 0 heterocycles. The van der Waals surface area contributed by atoms with Crippen LogP contribution in [0.4, 0.5) is 14.9 Å². The summed E-state index contributed by atoms with van der Waals surface area (Å²) in [5, 5.41) is 2.89. The summed E-state index contributed by atoms with van der Waals surface area (Å²) in [5.41, 5.74) is 3.53. The fourth-order valence-electron chi connectivity index (χ4n) is 3.17. The molecule has 0 bridgehead atoms. The number of aryl methyl sites for hydroxylation is 2. The number of hydrogen-bond donors (Lipinski definition) is 1. The largest absolute Gasteiger partial charge is 0.383 e. The molecule has 0 radical (unpaired) electrons. The summed E-state index contributed by atoms with van der Waals surface area (Å²) in [5.74, 6) is -0.459. The Bertz CT molecular complexity index is 1250. The van der Waals surface area contributed by atoms with Crippen molar-refractivity contribution < 1.29 is 26.5 Å². The summed E-state index contributed by atoms with van der Waals surface area (Å²) < 4.78 is 48.5. The van der Waals surface area contributed by atoms with Crippen LogP contribution in [0.1, 0.15) is 16.7 Å². The maximum absolute atomic E-state index is 13.1. The van der Waals surface area contributed by atoms with Gasteiger partial charge in [-0.25, -0.2) is 9.18 Å². The van der Waals surface area contributed by atoms with E-state index in [4.69, 9.17) is 8.92 Å². The molecule has 0 atom stereocenters. The Kier molecular flexibility index (Phi) is 8.25. The number of carbonyl (C=O) groups excluding carboxylic acids is 1. The van der Waals surface area contributed by atoms with E-state index in [1.165, 1.54) is 6.07 Å². The van der Waals surface area contributed by atoms with E-state index in [0.717, 1.165) is 35.4 Å². The molecule has 0 aliphatic heterocycles. The van der Waals surface area contributed by atoms with E-state index in [1.54, 1.807) is 30.2 Å². The van der Waals surface area contributed by atoms with Crippen LogP contribution in [0.5, 0.6) is 5.75 Å². The fraction of sp³-hybridized carbons (Fsp3) is 0.240. The predicted octanol–water partition coefficient (Wildman–Crippen LogP) is 4.89. The third kappa shape index (κ3) is 6.79. The minimum absolute atomic E-state index is 0.0862. The van der Waals surface area contributed by atoms with Crippen LogP contribution in [-0.4, -0.2) is 39.6 Å². The number of ether oxygens (including phenoxy) is 1. The molecule has 0 spiro atoms. The molecule has 180 valence electrons. The van der Waals surface area contributed by atoms with Gasteiger partial charge in [0.2, 0.25) is 0 Å². The molecular weight excluding hydrogens is 459 g/mol. The standard InChI is InChI=1S/C25H27FN2O5S/c1-18-7-10-22(15-19(18)2)27-25(29)28(13-14-32-3)17-20-5-4-6-23(16-20)33-34(30,31)24-11-8-21(26)9-12-24/h4-12,15-16H,13-14,17H2,1-3H3,(H,27,29). The van der Waals surface area contributed by atoms with Gasteiger partial charge in [-0.05, 0) is 79.1 Å². The molecule has 0 aliphatic carbocycles. The van der Waals surface area contributed by atoms with Crippen molar-refractivity contribution in [3.63, 3.8) is 0 Å². The third-order valence-electron chi connectivity index (χ3n) is 5.19. The molecule has 0 unspecified atom stereocenters. The van der Waals surface area contributed by atoms with Gasteiger partial charge in [0, 0.05) is 25.9 Å². The maximum Gasteiger partial charge on any atom is 0.339 e. The molecule has 0 saturated carbocycles. The van der Waals surface area contributed by atoms with E-state index in [0.29, 0.717) is 24.4 Å². The van der Waals surface area contributed by atoms with Crippen LogP contribution >= 0.6 is 0 Å². The van der Waals surface area contributed by atoms with Gasteiger partial charge in [0.05, 0.1) is 6.61 Å². The van der Waals surface area contributed by atoms with Crippen LogP contribution in [0.3, 0.4) is 0 Å². The van der Waals surface area contributed by atoms with E-state index >= 15 is 0 Å². The molecule has 7 nitrogen and oxygen atoms in total. The number of anilines is 1. The van der Waals surface area contributed by atoms with E-state index < -0.39 is 15.9 Å². The average molecular weight is 487 g/mol. The van der Waals surface area contributed by atoms with E-state index in [-0.39, 0.29) is 23.2 Å². The van der Waals surface area contributed by atoms with Crippen molar-refractivity contribution in [3.8, 4) is 5.75 Å². The molecule has 0 fully saturated rings. The predicted molar refractivity (Wildman–Crippen MR) is 128 cm³/mol. The lowest BCUT2D eigenvalue weighted by Crippen LogP contribution is -2.36. The Hall–Kier alpha value is -3.43. The molecule has 1 N–H and O–H groups in total. The van der Waals surface area contributed by atoms with Crippen LogP contribution in [-0.2, 0) is 21.4 Å². The maximum atomic E-state index is 13.1. The minimum atomic E-state index is -4.13. The van der Waals surface area contributed by atoms with Gasteiger partial charge < -0.3 is 19.1 Å². The Morgan fingerprint density at radius 2 is 1.74 bits per heavy atom. The van der Waals surface area contributed by atoms with Gasteiger partial charge in [-0.2, -0.15) is 8.42 Å². The van der Waals surface area contributed by atoms with Crippen LogP contribution in [0.2, 0.25) is 0 Å². The first kappa shape index (κ1) is 25.2. The quantitative estimate of drug-likeness (QED) is 0.435. The Morgan fingerprint density at radius 3 is 2.41 bits per heavy atom. The number of nitrogens with one attached hydrogen (secondary N) is 1. The molecule has 9 heteroatoms. The summed E-state index contributed by atoms with van der Waals surface area (Å²) in [6.07, 6.45) is 0. The number of rotatable bonds is 9. The molecule has 3 aromatic rings. The highest BCUT2D eigenvalue weighted by atomic mass is 32.2. The molecule has 0 saturated heterocycles. The Labute approximate surface area is 199 Å². The Balaban J connectivity index is 1.75. The number of urea groups is 1. The number of methoxy groups -OCH3 is 1. The zero-order valence-electron chi connectivity index (χ0n) is 19.2. The summed E-state index contributed by atoms with van der Waals surface area (Å²) in [7, 11) is -2.58. The summed E-state index contributed by atoms with van der Waals surface area (Å²) in [4.78, 5) is 14.4. The number of hydrogen-bond acceptors (Lipinski definition) is 5. The van der Waals surface area contributed by atoms with Crippen LogP contribution in [0.25, 0.3) is 0 Å². The number of halogens is 1. The van der Waals surface area contributed by atoms with Gasteiger partial charge in [0.1, 0.15) is 16.5 Å². The number of amides is 2. The highest BCUT2D eigenvalue weighted by molar-refractivity contribution is 7.87. The van der Waals surface area contributed by atoms with Crippen LogP contribution in [0, 0.1) is 19.7 Å². The summed E-state index contributed by atoms with van der Waals surface area (Å²) >= 11 is 0. The summed E-state index contributed by atoms with van der Waals surface area (Å²) in [6.45, 7) is 4.83. The van der Waals surface area contributed by atoms with Crippen molar-refractivity contribution in [2.24, 2.45) is 0 Å². The molecule has 2 amide bonds. The highest BCUT2D eigenvalue weighted by Crippen LogP contribution is 2.21. The monoisotopic (exact) mass is 486 g/mol. The van der Waals surface area contributed by atoms with Crippen LogP contribution < -0.4 is 9.50 Å². The van der Waals surface area contributed by atoms with Gasteiger partial charge in [0.15, 0.2) is 0 Å². The van der Waals surface area contributed by atoms with Gasteiger partial charge in [0.25, 0.3) is 0 Å². The second-order valence-corrected chi connectivity index (χ2v) is 9.33. The zero-order chi connectivity index (χ0) is 24.7. The van der Waals surface area contributed by atoms with Gasteiger partial charge >= 0.3 is 16.1 Å². The lowest BCUT2D eigenvalue weighted by Gasteiger charge is -2.23. The van der Waals surface area contributed by atoms with E-state index in [2.05, 4.69) is 5.32 Å². The molecular formula is C25H27FN2O5S. The number of nitrogens with zero attached hydrogens (tertiary/aromatic N) is 1. The first-order valence-electron chi connectivity index (χ1n) is 10.6. The van der Waals surface area contributed by atoms with Crippen molar-refractivity contribution in [1.29, 1.82) is 0 Å². The zero-order valence-corrected chi connectivity index (χ0v) is 20.1. The van der Waals surface area contributed by atoms with E-state index in [1.807, 2.05) is 32.0 Å². The Morgan fingerprint density at radius 1 is 1.00 bits per heavy atom. The molecule has 3 aromatic carbocycles. The fourth-order valence-corrected chi connectivity index (χ4v) is 4.09. The van der Waals surface area contributed by atoms with E-state index in [9.17, 15) is 17.6 Å². The third-order valence-corrected chi connectivity index (χ3v) is 6.45. The lowest BCUT2D eigenvalue weighted by atomic mass is 10.1. The normalized spacial score (nSPS) is 11.2.